The molecule has 0 N–H and O–H groups in total. The summed E-state index contributed by atoms with van der Waals surface area (Å²) in [6.07, 6.45) is -2.80. The first-order chi connectivity index (χ1) is 29.5. The fraction of sp³-hybridized carbons (Fsp3) is 0.265. The van der Waals surface area contributed by atoms with E-state index in [2.05, 4.69) is 4.18 Å². The lowest BCUT2D eigenvalue weighted by molar-refractivity contribution is -0.275. The van der Waals surface area contributed by atoms with Crippen LogP contribution in [0, 0.1) is 6.92 Å². The van der Waals surface area contributed by atoms with E-state index in [0.717, 1.165) is 44.5 Å². The molecule has 318 valence electrons. The van der Waals surface area contributed by atoms with E-state index in [1.54, 1.807) is 12.1 Å². The van der Waals surface area contributed by atoms with Crippen LogP contribution in [0.5, 0.6) is 5.75 Å². The lowest BCUT2D eigenvalue weighted by Crippen LogP contribution is -2.58. The van der Waals surface area contributed by atoms with Crippen LogP contribution in [0.1, 0.15) is 50.6 Å². The van der Waals surface area contributed by atoms with Crippen LogP contribution < -0.4 is 4.18 Å². The van der Waals surface area contributed by atoms with E-state index in [1.165, 1.54) is 12.1 Å². The van der Waals surface area contributed by atoms with E-state index >= 15 is 0 Å². The lowest BCUT2D eigenvalue weighted by atomic mass is 9.88. The summed E-state index contributed by atoms with van der Waals surface area (Å²) in [6.45, 7) is 3.38. The van der Waals surface area contributed by atoms with Gasteiger partial charge in [-0.05, 0) is 70.0 Å². The average Bonchev–Trinajstić information content (AvgIpc) is 3.27. The van der Waals surface area contributed by atoms with Crippen molar-refractivity contribution in [1.82, 2.24) is 0 Å². The predicted molar refractivity (Wildman–Crippen MR) is 225 cm³/mol. The maximum atomic E-state index is 13.0. The van der Waals surface area contributed by atoms with E-state index in [1.807, 2.05) is 146 Å². The normalized spacial score (nSPS) is 19.4. The Bertz CT molecular complexity index is 2370. The van der Waals surface area contributed by atoms with Crippen molar-refractivity contribution in [3.63, 3.8) is 0 Å². The Morgan fingerprint density at radius 3 is 1.54 bits per heavy atom. The molecule has 0 radical (unpaired) electrons. The maximum absolute atomic E-state index is 13.0. The molecule has 0 saturated carbocycles. The second kappa shape index (κ2) is 20.5. The Labute approximate surface area is 354 Å². The Morgan fingerprint density at radius 2 is 1.03 bits per heavy atom. The van der Waals surface area contributed by atoms with Gasteiger partial charge in [0.1, 0.15) is 36.3 Å². The first-order valence-electron chi connectivity index (χ1n) is 20.0. The number of ether oxygens (including phenoxy) is 5. The van der Waals surface area contributed by atoms with Gasteiger partial charge in [-0.3, -0.25) is 0 Å². The van der Waals surface area contributed by atoms with Crippen molar-refractivity contribution in [1.29, 1.82) is 0 Å². The third kappa shape index (κ3) is 11.9. The summed E-state index contributed by atoms with van der Waals surface area (Å²) < 4.78 is 100. The molecule has 12 heteroatoms. The molecule has 61 heavy (non-hydrogen) atoms. The van der Waals surface area contributed by atoms with Gasteiger partial charge >= 0.3 is 15.6 Å². The van der Waals surface area contributed by atoms with Crippen LogP contribution in [-0.2, 0) is 66.7 Å². The van der Waals surface area contributed by atoms with Crippen LogP contribution in [0.3, 0.4) is 0 Å². The molecule has 6 aromatic carbocycles. The number of rotatable bonds is 18. The molecule has 8 nitrogen and oxygen atoms in total. The van der Waals surface area contributed by atoms with Crippen LogP contribution >= 0.6 is 0 Å². The highest BCUT2D eigenvalue weighted by Gasteiger charge is 2.50. The SMILES string of the molecule is Cc1ccc([C@@H]2O[C@@H](COCc3ccccc3)[C@@H](OCc3ccccc3)[C@H](OCc3ccccc3)[C@H]2OCc2ccccc2)cc1Cc1ccc(OS(=O)(=O)C(F)(F)F)cc1. The van der Waals surface area contributed by atoms with Crippen LogP contribution in [0.15, 0.2) is 164 Å². The highest BCUT2D eigenvalue weighted by atomic mass is 32.2. The smallest absolute Gasteiger partial charge is 0.376 e. The van der Waals surface area contributed by atoms with Crippen molar-refractivity contribution in [2.45, 2.75) is 75.8 Å². The first-order valence-corrected chi connectivity index (χ1v) is 21.4. The second-order valence-corrected chi connectivity index (χ2v) is 16.4. The fourth-order valence-electron chi connectivity index (χ4n) is 7.17. The minimum absolute atomic E-state index is 0.193. The highest BCUT2D eigenvalue weighted by molar-refractivity contribution is 7.88. The summed E-state index contributed by atoms with van der Waals surface area (Å²) in [5, 5.41) is 0. The van der Waals surface area contributed by atoms with Gasteiger partial charge in [0.15, 0.2) is 0 Å². The van der Waals surface area contributed by atoms with Crippen molar-refractivity contribution in [2.24, 2.45) is 0 Å². The zero-order chi connectivity index (χ0) is 42.7. The number of alkyl halides is 3. The molecule has 5 atom stereocenters. The third-order valence-corrected chi connectivity index (χ3v) is 11.4. The summed E-state index contributed by atoms with van der Waals surface area (Å²) in [5.41, 5.74) is 1.84. The molecule has 0 bridgehead atoms. The zero-order valence-electron chi connectivity index (χ0n) is 33.5. The molecule has 7 rings (SSSR count). The Balaban J connectivity index is 1.23. The molecule has 0 spiro atoms. The summed E-state index contributed by atoms with van der Waals surface area (Å²) in [4.78, 5) is 0. The molecular formula is C49H47F3O8S. The molecule has 1 heterocycles. The van der Waals surface area contributed by atoms with Gasteiger partial charge in [0.05, 0.1) is 33.0 Å². The van der Waals surface area contributed by atoms with Gasteiger partial charge in [-0.2, -0.15) is 21.6 Å². The molecule has 0 unspecified atom stereocenters. The molecule has 6 aromatic rings. The molecule has 0 aromatic heterocycles. The van der Waals surface area contributed by atoms with Gasteiger partial charge in [-0.1, -0.05) is 152 Å². The van der Waals surface area contributed by atoms with Crippen LogP contribution in [0.25, 0.3) is 0 Å². The summed E-state index contributed by atoms with van der Waals surface area (Å²) >= 11 is 0. The average molecular weight is 853 g/mol. The number of aryl methyl sites for hydroxylation is 1. The highest BCUT2D eigenvalue weighted by Crippen LogP contribution is 2.39. The van der Waals surface area contributed by atoms with Crippen LogP contribution in [0.2, 0.25) is 0 Å². The Kier molecular flexibility index (Phi) is 14.7. The fourth-order valence-corrected chi connectivity index (χ4v) is 7.63. The zero-order valence-corrected chi connectivity index (χ0v) is 34.3. The second-order valence-electron chi connectivity index (χ2n) is 14.9. The van der Waals surface area contributed by atoms with Gasteiger partial charge < -0.3 is 27.9 Å². The number of hydrogen-bond acceptors (Lipinski definition) is 8. The molecule has 1 fully saturated rings. The van der Waals surface area contributed by atoms with Crippen molar-refractivity contribution in [3.05, 3.63) is 208 Å². The quantitative estimate of drug-likeness (QED) is 0.0624. The topological polar surface area (TPSA) is 89.5 Å². The van der Waals surface area contributed by atoms with Crippen molar-refractivity contribution in [2.75, 3.05) is 6.61 Å². The first kappa shape index (κ1) is 43.7. The van der Waals surface area contributed by atoms with Crippen molar-refractivity contribution in [3.8, 4) is 5.75 Å². The largest absolute Gasteiger partial charge is 0.534 e. The maximum Gasteiger partial charge on any atom is 0.534 e. The van der Waals surface area contributed by atoms with Gasteiger partial charge in [-0.15, -0.1) is 0 Å². The minimum Gasteiger partial charge on any atom is -0.376 e. The van der Waals surface area contributed by atoms with Crippen LogP contribution in [0.4, 0.5) is 13.2 Å². The molecular weight excluding hydrogens is 806 g/mol. The molecule has 1 saturated heterocycles. The molecule has 0 amide bonds. The molecule has 0 aliphatic carbocycles. The Morgan fingerprint density at radius 1 is 0.557 bits per heavy atom. The third-order valence-electron chi connectivity index (χ3n) is 10.4. The summed E-state index contributed by atoms with van der Waals surface area (Å²) in [7, 11) is -5.80. The van der Waals surface area contributed by atoms with Gasteiger partial charge in [0.25, 0.3) is 0 Å². The molecule has 1 aliphatic heterocycles. The van der Waals surface area contributed by atoms with E-state index in [9.17, 15) is 21.6 Å². The standard InChI is InChI=1S/C49H47F3O8S/c1-35-22-25-41(29-42(35)28-36-23-26-43(27-24-36)60-61(53,54)49(50,51)52)45-47(57-32-39-18-10-4-11-19-39)48(58-33-40-20-12-5-13-21-40)46(56-31-38-16-8-3-9-17-38)44(59-45)34-55-30-37-14-6-2-7-15-37/h2-27,29,44-48H,28,30-34H2,1H3/t44-,45-,46+,47-,48-/m0/s1. The van der Waals surface area contributed by atoms with Gasteiger partial charge in [0, 0.05) is 0 Å². The number of benzene rings is 6. The van der Waals surface area contributed by atoms with Crippen molar-refractivity contribution >= 4 is 10.1 Å². The minimum atomic E-state index is -5.80. The van der Waals surface area contributed by atoms with Gasteiger partial charge in [-0.25, -0.2) is 0 Å². The summed E-state index contributed by atoms with van der Waals surface area (Å²) in [6, 6.07) is 51.2. The van der Waals surface area contributed by atoms with E-state index in [-0.39, 0.29) is 19.8 Å². The van der Waals surface area contributed by atoms with Crippen molar-refractivity contribution < 1.29 is 49.5 Å². The van der Waals surface area contributed by atoms with Gasteiger partial charge in [0.2, 0.25) is 0 Å². The van der Waals surface area contributed by atoms with E-state index < -0.39 is 51.9 Å². The monoisotopic (exact) mass is 852 g/mol. The van der Waals surface area contributed by atoms with E-state index in [0.29, 0.717) is 19.6 Å². The number of halogens is 3. The van der Waals surface area contributed by atoms with Crippen LogP contribution in [-0.4, -0.2) is 44.9 Å². The molecule has 1 aliphatic rings. The van der Waals surface area contributed by atoms with E-state index in [4.69, 9.17) is 23.7 Å². The lowest BCUT2D eigenvalue weighted by Gasteiger charge is -2.46. The summed E-state index contributed by atoms with van der Waals surface area (Å²) in [5.74, 6) is -0.438. The predicted octanol–water partition coefficient (Wildman–Crippen LogP) is 10.2. The number of hydrogen-bond donors (Lipinski definition) is 0. The Hall–Kier alpha value is -5.34.